The van der Waals surface area contributed by atoms with Gasteiger partial charge >= 0.3 is 0 Å². The number of hydrogen-bond donors (Lipinski definition) is 0. The fourth-order valence-electron chi connectivity index (χ4n) is 9.00. The van der Waals surface area contributed by atoms with E-state index in [1.807, 2.05) is 36.4 Å². The van der Waals surface area contributed by atoms with Crippen molar-refractivity contribution in [1.82, 2.24) is 19.5 Å². The standard InChI is InChI=1S/C40H32N3O.C18H24NSi.Ir/c1-24(2)33-22-29(28-19-18-26-11-5-6-12-27(26)21-28)23-34(25(3)4)37(33)43-36-17-8-7-16-35(36)42-39(43)32-14-9-13-30-31-15-10-20-41-40(31)44-38(30)32;1-14(2)11-16-12-17(15-9-7-6-8-10-15)19-13-18(16)20(3,4)5;/h5-13,15-25H,1-4H3;6-9,12-14H,11H2,1-5H3;/q2*-1;. The molecule has 10 aromatic rings. The quantitative estimate of drug-likeness (QED) is 0.107. The van der Waals surface area contributed by atoms with Crippen LogP contribution in [0.1, 0.15) is 70.1 Å². The molecule has 0 saturated carbocycles. The molecule has 0 bridgehead atoms. The Bertz CT molecular complexity index is 3260. The summed E-state index contributed by atoms with van der Waals surface area (Å²) in [5.41, 5.74) is 14.0. The summed E-state index contributed by atoms with van der Waals surface area (Å²) in [7, 11) is -1.34. The number of para-hydroxylation sites is 2. The first kappa shape index (κ1) is 45.6. The van der Waals surface area contributed by atoms with Crippen molar-refractivity contribution in [3.05, 3.63) is 175 Å². The predicted octanol–water partition coefficient (Wildman–Crippen LogP) is 15.1. The summed E-state index contributed by atoms with van der Waals surface area (Å²) in [5.74, 6) is 2.03. The first-order valence-electron chi connectivity index (χ1n) is 22.6. The van der Waals surface area contributed by atoms with Gasteiger partial charge in [-0.05, 0) is 111 Å². The average molecular weight is 1050 g/mol. The third kappa shape index (κ3) is 9.15. The van der Waals surface area contributed by atoms with E-state index in [-0.39, 0.29) is 31.9 Å². The van der Waals surface area contributed by atoms with Crippen molar-refractivity contribution in [2.24, 2.45) is 5.92 Å². The van der Waals surface area contributed by atoms with Gasteiger partial charge in [-0.3, -0.25) is 4.98 Å². The van der Waals surface area contributed by atoms with Crippen LogP contribution in [0.4, 0.5) is 0 Å². The Balaban J connectivity index is 0.000000232. The van der Waals surface area contributed by atoms with Gasteiger partial charge in [0.15, 0.2) is 0 Å². The van der Waals surface area contributed by atoms with E-state index in [4.69, 9.17) is 9.40 Å². The molecule has 7 heteroatoms. The number of imidazole rings is 1. The van der Waals surface area contributed by atoms with Crippen LogP contribution in [0, 0.1) is 18.1 Å². The van der Waals surface area contributed by atoms with Gasteiger partial charge in [0.1, 0.15) is 0 Å². The molecule has 65 heavy (non-hydrogen) atoms. The van der Waals surface area contributed by atoms with E-state index in [2.05, 4.69) is 191 Å². The van der Waals surface area contributed by atoms with Crippen LogP contribution < -0.4 is 5.19 Å². The molecule has 0 aliphatic carbocycles. The minimum atomic E-state index is -1.34. The van der Waals surface area contributed by atoms with Crippen LogP contribution in [-0.4, -0.2) is 27.6 Å². The average Bonchev–Trinajstić information content (AvgIpc) is 3.87. The monoisotopic (exact) mass is 1050 g/mol. The van der Waals surface area contributed by atoms with Crippen molar-refractivity contribution >= 4 is 57.1 Å². The van der Waals surface area contributed by atoms with Crippen molar-refractivity contribution in [2.75, 3.05) is 0 Å². The molecule has 0 amide bonds. The molecule has 4 heterocycles. The SMILES string of the molecule is CC(C)Cc1cc(-c2[c-]cccc2)ncc1[Si](C)(C)C.CC(C)c1cc(-c2ccc3ccccc3c2)cc(C(C)C)c1-n1c(-c2[c-]ccc3c2oc2ncccc23)nc2ccccc21.[Ir]. The summed E-state index contributed by atoms with van der Waals surface area (Å²) in [6.45, 7) is 20.9. The molecule has 0 N–H and O–H groups in total. The largest absolute Gasteiger partial charge is 0.486 e. The zero-order valence-electron chi connectivity index (χ0n) is 38.8. The number of benzene rings is 6. The molecule has 0 aliphatic rings. The second kappa shape index (κ2) is 18.9. The van der Waals surface area contributed by atoms with E-state index < -0.39 is 8.07 Å². The van der Waals surface area contributed by atoms with Crippen LogP contribution in [0.25, 0.3) is 83.3 Å². The van der Waals surface area contributed by atoms with Crippen LogP contribution in [0.5, 0.6) is 0 Å². The first-order valence-corrected chi connectivity index (χ1v) is 26.1. The predicted molar refractivity (Wildman–Crippen MR) is 272 cm³/mol. The van der Waals surface area contributed by atoms with E-state index in [0.29, 0.717) is 11.6 Å². The molecule has 0 spiro atoms. The second-order valence-electron chi connectivity index (χ2n) is 19.0. The number of aromatic nitrogens is 4. The molecule has 0 unspecified atom stereocenters. The van der Waals surface area contributed by atoms with Crippen LogP contribution in [0.3, 0.4) is 0 Å². The van der Waals surface area contributed by atoms with E-state index in [1.54, 1.807) is 6.20 Å². The van der Waals surface area contributed by atoms with Crippen molar-refractivity contribution in [2.45, 2.75) is 79.4 Å². The van der Waals surface area contributed by atoms with Gasteiger partial charge in [-0.1, -0.05) is 132 Å². The minimum Gasteiger partial charge on any atom is -0.486 e. The van der Waals surface area contributed by atoms with E-state index in [9.17, 15) is 0 Å². The fourth-order valence-corrected chi connectivity index (χ4v) is 10.6. The molecule has 0 aliphatic heterocycles. The Kier molecular flexibility index (Phi) is 13.2. The molecule has 329 valence electrons. The Morgan fingerprint density at radius 3 is 2.09 bits per heavy atom. The normalized spacial score (nSPS) is 11.8. The van der Waals surface area contributed by atoms with Crippen LogP contribution in [0.2, 0.25) is 19.6 Å². The maximum Gasteiger partial charge on any atom is 0.216 e. The van der Waals surface area contributed by atoms with Crippen molar-refractivity contribution in [3.8, 4) is 39.5 Å². The summed E-state index contributed by atoms with van der Waals surface area (Å²) < 4.78 is 8.74. The summed E-state index contributed by atoms with van der Waals surface area (Å²) >= 11 is 0. The van der Waals surface area contributed by atoms with Gasteiger partial charge < -0.3 is 14.0 Å². The molecular formula is C58H56IrN4OSi-2. The second-order valence-corrected chi connectivity index (χ2v) is 24.1. The van der Waals surface area contributed by atoms with E-state index >= 15 is 0 Å². The van der Waals surface area contributed by atoms with Gasteiger partial charge in [-0.2, -0.15) is 0 Å². The molecule has 0 fully saturated rings. The maximum atomic E-state index is 6.40. The number of nitrogens with zero attached hydrogens (tertiary/aromatic N) is 4. The van der Waals surface area contributed by atoms with Crippen LogP contribution in [-0.2, 0) is 26.5 Å². The summed E-state index contributed by atoms with van der Waals surface area (Å²) in [6, 6.07) is 53.6. The van der Waals surface area contributed by atoms with Crippen LogP contribution >= 0.6 is 0 Å². The molecule has 0 atom stereocenters. The Morgan fingerprint density at radius 2 is 1.38 bits per heavy atom. The fraction of sp³-hybridized carbons (Fsp3) is 0.224. The third-order valence-electron chi connectivity index (χ3n) is 12.1. The topological polar surface area (TPSA) is 56.7 Å². The number of fused-ring (bicyclic) bond motifs is 5. The van der Waals surface area contributed by atoms with Crippen molar-refractivity contribution < 1.29 is 24.5 Å². The minimum absolute atomic E-state index is 0. The van der Waals surface area contributed by atoms with Gasteiger partial charge in [0, 0.05) is 43.6 Å². The zero-order valence-corrected chi connectivity index (χ0v) is 42.2. The van der Waals surface area contributed by atoms with Crippen molar-refractivity contribution in [3.63, 3.8) is 0 Å². The number of pyridine rings is 2. The number of hydrogen-bond acceptors (Lipinski definition) is 4. The Hall–Kier alpha value is -5.98. The first-order chi connectivity index (χ1) is 30.9. The maximum absolute atomic E-state index is 6.40. The number of furan rings is 1. The van der Waals surface area contributed by atoms with Gasteiger partial charge in [-0.25, -0.2) is 4.98 Å². The summed E-state index contributed by atoms with van der Waals surface area (Å²) in [4.78, 5) is 14.4. The Labute approximate surface area is 398 Å². The molecule has 10 rings (SSSR count). The van der Waals surface area contributed by atoms with Gasteiger partial charge in [-0.15, -0.1) is 54.1 Å². The van der Waals surface area contributed by atoms with E-state index in [0.717, 1.165) is 56.5 Å². The molecule has 0 saturated heterocycles. The molecule has 4 aromatic heterocycles. The zero-order chi connectivity index (χ0) is 44.7. The van der Waals surface area contributed by atoms with Gasteiger partial charge in [0.25, 0.3) is 0 Å². The molecule has 6 aromatic carbocycles. The Morgan fingerprint density at radius 1 is 0.662 bits per heavy atom. The smallest absolute Gasteiger partial charge is 0.216 e. The molecular weight excluding hydrogens is 989 g/mol. The summed E-state index contributed by atoms with van der Waals surface area (Å²) in [6.07, 6.45) is 5.01. The van der Waals surface area contributed by atoms with Crippen molar-refractivity contribution in [1.29, 1.82) is 0 Å². The van der Waals surface area contributed by atoms with Crippen LogP contribution in [0.15, 0.2) is 150 Å². The third-order valence-corrected chi connectivity index (χ3v) is 14.2. The van der Waals surface area contributed by atoms with E-state index in [1.165, 1.54) is 49.5 Å². The summed E-state index contributed by atoms with van der Waals surface area (Å²) in [5, 5.41) is 6.00. The number of rotatable bonds is 9. The van der Waals surface area contributed by atoms with Gasteiger partial charge in [0.05, 0.1) is 30.5 Å². The molecule has 5 nitrogen and oxygen atoms in total. The van der Waals surface area contributed by atoms with Gasteiger partial charge in [0.2, 0.25) is 5.71 Å². The molecule has 1 radical (unpaired) electrons.